The number of hydrogen-bond donors (Lipinski definition) is 2. The molecule has 3 aromatic heterocycles. The number of benzene rings is 1. The number of morpholine rings is 1. The number of rotatable bonds is 6. The fraction of sp³-hybridized carbons (Fsp3) is 0.333. The van der Waals surface area contributed by atoms with Crippen LogP contribution in [0.5, 0.6) is 0 Å². The molecule has 1 aliphatic rings. The van der Waals surface area contributed by atoms with Crippen LogP contribution in [0, 0.1) is 12.3 Å². The van der Waals surface area contributed by atoms with E-state index in [1.807, 2.05) is 50.2 Å². The van der Waals surface area contributed by atoms with Crippen LogP contribution >= 0.6 is 0 Å². The number of hydrogen-bond acceptors (Lipinski definition) is 6. The van der Waals surface area contributed by atoms with Gasteiger partial charge in [-0.05, 0) is 37.1 Å². The van der Waals surface area contributed by atoms with Crippen molar-refractivity contribution in [3.63, 3.8) is 0 Å². The summed E-state index contributed by atoms with van der Waals surface area (Å²) in [5.74, 6) is -0.396. The van der Waals surface area contributed by atoms with E-state index in [1.165, 1.54) is 10.5 Å². The average Bonchev–Trinajstić information content (AvgIpc) is 2.90. The molecule has 9 heteroatoms. The molecule has 0 aliphatic carbocycles. The van der Waals surface area contributed by atoms with Gasteiger partial charge in [0, 0.05) is 32.4 Å². The largest absolute Gasteiger partial charge is 0.379 e. The third-order valence-corrected chi connectivity index (χ3v) is 6.77. The molecule has 4 aromatic rings. The van der Waals surface area contributed by atoms with Gasteiger partial charge >= 0.3 is 0 Å². The molecule has 36 heavy (non-hydrogen) atoms. The highest BCUT2D eigenvalue weighted by Crippen LogP contribution is 2.15. The molecular formula is C27H30N6O3. The summed E-state index contributed by atoms with van der Waals surface area (Å²) in [6.45, 7) is 7.84. The van der Waals surface area contributed by atoms with Crippen LogP contribution in [0.3, 0.4) is 0 Å². The molecule has 9 nitrogen and oxygen atoms in total. The lowest BCUT2D eigenvalue weighted by Crippen LogP contribution is -2.41. The number of fused-ring (bicyclic) bond motifs is 2. The van der Waals surface area contributed by atoms with Crippen LogP contribution in [0.15, 0.2) is 59.5 Å². The van der Waals surface area contributed by atoms with E-state index in [1.54, 1.807) is 16.8 Å². The van der Waals surface area contributed by atoms with Gasteiger partial charge < -0.3 is 14.6 Å². The molecule has 0 saturated carbocycles. The fourth-order valence-corrected chi connectivity index (χ4v) is 4.65. The SMILES string of the molecule is Cc1cccn2c(=O)c3cc(C(=O)N[C@H](C)c4ccccc4)c(=N)n(CCN4CCOCC4)c3nc12. The van der Waals surface area contributed by atoms with Crippen molar-refractivity contribution in [1.29, 1.82) is 5.41 Å². The Morgan fingerprint density at radius 3 is 2.61 bits per heavy atom. The monoisotopic (exact) mass is 486 g/mol. The molecule has 0 bridgehead atoms. The Kier molecular flexibility index (Phi) is 6.67. The highest BCUT2D eigenvalue weighted by Gasteiger charge is 2.20. The lowest BCUT2D eigenvalue weighted by molar-refractivity contribution is 0.0363. The summed E-state index contributed by atoms with van der Waals surface area (Å²) >= 11 is 0. The maximum Gasteiger partial charge on any atom is 0.267 e. The van der Waals surface area contributed by atoms with Gasteiger partial charge in [0.05, 0.1) is 30.2 Å². The Bertz CT molecular complexity index is 1540. The first kappa shape index (κ1) is 23.9. The molecule has 5 rings (SSSR count). The zero-order valence-electron chi connectivity index (χ0n) is 20.5. The fourth-order valence-electron chi connectivity index (χ4n) is 4.65. The summed E-state index contributed by atoms with van der Waals surface area (Å²) in [6, 6.07) is 14.6. The van der Waals surface area contributed by atoms with Gasteiger partial charge in [-0.2, -0.15) is 0 Å². The molecule has 2 N–H and O–H groups in total. The second kappa shape index (κ2) is 10.0. The van der Waals surface area contributed by atoms with Crippen LogP contribution in [0.25, 0.3) is 16.7 Å². The summed E-state index contributed by atoms with van der Waals surface area (Å²) in [5.41, 5.74) is 2.72. The quantitative estimate of drug-likeness (QED) is 0.407. The van der Waals surface area contributed by atoms with Crippen molar-refractivity contribution >= 4 is 22.6 Å². The predicted molar refractivity (Wildman–Crippen MR) is 137 cm³/mol. The van der Waals surface area contributed by atoms with Crippen molar-refractivity contribution in [3.8, 4) is 0 Å². The summed E-state index contributed by atoms with van der Waals surface area (Å²) in [6.07, 6.45) is 1.68. The first-order valence-corrected chi connectivity index (χ1v) is 12.2. The number of aryl methyl sites for hydroxylation is 1. The van der Waals surface area contributed by atoms with Gasteiger partial charge in [-0.15, -0.1) is 0 Å². The average molecular weight is 487 g/mol. The smallest absolute Gasteiger partial charge is 0.267 e. The minimum atomic E-state index is -0.396. The van der Waals surface area contributed by atoms with Crippen LogP contribution in [0.2, 0.25) is 0 Å². The van der Waals surface area contributed by atoms with E-state index in [0.717, 1.165) is 24.2 Å². The van der Waals surface area contributed by atoms with Gasteiger partial charge in [-0.1, -0.05) is 36.4 Å². The Balaban J connectivity index is 1.61. The first-order chi connectivity index (χ1) is 17.4. The van der Waals surface area contributed by atoms with Gasteiger partial charge in [0.1, 0.15) is 16.8 Å². The molecule has 0 radical (unpaired) electrons. The summed E-state index contributed by atoms with van der Waals surface area (Å²) in [4.78, 5) is 34.0. The highest BCUT2D eigenvalue weighted by atomic mass is 16.5. The van der Waals surface area contributed by atoms with Crippen LogP contribution in [0.4, 0.5) is 0 Å². The van der Waals surface area contributed by atoms with E-state index in [0.29, 0.717) is 43.0 Å². The number of aromatic nitrogens is 3. The summed E-state index contributed by atoms with van der Waals surface area (Å²) in [5, 5.41) is 12.3. The Hall–Kier alpha value is -3.82. The van der Waals surface area contributed by atoms with Crippen LogP contribution in [-0.2, 0) is 11.3 Å². The number of nitrogens with one attached hydrogen (secondary N) is 2. The summed E-state index contributed by atoms with van der Waals surface area (Å²) < 4.78 is 8.65. The number of ether oxygens (including phenoxy) is 1. The predicted octanol–water partition coefficient (Wildman–Crippen LogP) is 2.26. The van der Waals surface area contributed by atoms with E-state index >= 15 is 0 Å². The van der Waals surface area contributed by atoms with Crippen LogP contribution in [-0.4, -0.2) is 57.6 Å². The molecule has 1 aliphatic heterocycles. The zero-order valence-corrected chi connectivity index (χ0v) is 20.5. The Labute approximate surface area is 208 Å². The molecule has 0 unspecified atom stereocenters. The van der Waals surface area contributed by atoms with Crippen molar-refractivity contribution in [1.82, 2.24) is 24.2 Å². The second-order valence-corrected chi connectivity index (χ2v) is 9.16. The number of pyridine rings is 2. The second-order valence-electron chi connectivity index (χ2n) is 9.16. The molecule has 186 valence electrons. The van der Waals surface area contributed by atoms with Crippen molar-refractivity contribution in [3.05, 3.63) is 87.3 Å². The summed E-state index contributed by atoms with van der Waals surface area (Å²) in [7, 11) is 0. The van der Waals surface area contributed by atoms with E-state index < -0.39 is 5.91 Å². The van der Waals surface area contributed by atoms with Crippen LogP contribution < -0.4 is 16.4 Å². The molecule has 4 heterocycles. The van der Waals surface area contributed by atoms with Gasteiger partial charge in [-0.25, -0.2) is 4.98 Å². The van der Waals surface area contributed by atoms with Crippen molar-refractivity contribution in [2.45, 2.75) is 26.4 Å². The van der Waals surface area contributed by atoms with E-state index in [2.05, 4.69) is 10.2 Å². The van der Waals surface area contributed by atoms with E-state index in [9.17, 15) is 9.59 Å². The van der Waals surface area contributed by atoms with Crippen molar-refractivity contribution in [2.75, 3.05) is 32.8 Å². The van der Waals surface area contributed by atoms with Crippen LogP contribution in [0.1, 0.15) is 34.5 Å². The lowest BCUT2D eigenvalue weighted by atomic mass is 10.1. The first-order valence-electron chi connectivity index (χ1n) is 12.2. The van der Waals surface area contributed by atoms with E-state index in [4.69, 9.17) is 15.1 Å². The van der Waals surface area contributed by atoms with Gasteiger partial charge in [0.2, 0.25) is 0 Å². The lowest BCUT2D eigenvalue weighted by Gasteiger charge is -2.27. The molecule has 1 atom stereocenters. The minimum absolute atomic E-state index is 0.0401. The molecule has 1 fully saturated rings. The molecule has 1 amide bonds. The highest BCUT2D eigenvalue weighted by molar-refractivity contribution is 5.97. The molecule has 1 aromatic carbocycles. The maximum atomic E-state index is 13.5. The molecule has 0 spiro atoms. The standard InChI is InChI=1S/C27H30N6O3/c1-18-7-6-10-33-24(18)30-25-22(27(33)35)17-21(26(34)29-19(2)20-8-4-3-5-9-20)23(28)32(25)12-11-31-13-15-36-16-14-31/h3-10,17,19,28H,11-16H2,1-2H3,(H,29,34)/t19-/m1/s1. The number of carbonyl (C=O) groups is 1. The van der Waals surface area contributed by atoms with E-state index in [-0.39, 0.29) is 22.7 Å². The van der Waals surface area contributed by atoms with Crippen molar-refractivity contribution < 1.29 is 9.53 Å². The zero-order chi connectivity index (χ0) is 25.2. The minimum Gasteiger partial charge on any atom is -0.379 e. The molecule has 1 saturated heterocycles. The third kappa shape index (κ3) is 4.55. The third-order valence-electron chi connectivity index (χ3n) is 6.77. The van der Waals surface area contributed by atoms with Gasteiger partial charge in [0.15, 0.2) is 0 Å². The normalized spacial score (nSPS) is 15.3. The van der Waals surface area contributed by atoms with Crippen molar-refractivity contribution in [2.24, 2.45) is 0 Å². The molecular weight excluding hydrogens is 456 g/mol. The van der Waals surface area contributed by atoms with Gasteiger partial charge in [-0.3, -0.25) is 24.3 Å². The maximum absolute atomic E-state index is 13.5. The number of carbonyl (C=O) groups excluding carboxylic acids is 1. The number of amides is 1. The van der Waals surface area contributed by atoms with Gasteiger partial charge in [0.25, 0.3) is 11.5 Å². The Morgan fingerprint density at radius 1 is 1.11 bits per heavy atom. The Morgan fingerprint density at radius 2 is 1.86 bits per heavy atom. The topological polar surface area (TPSA) is 105 Å². The number of nitrogens with zero attached hydrogens (tertiary/aromatic N) is 4.